The van der Waals surface area contributed by atoms with Gasteiger partial charge >= 0.3 is 6.09 Å². The third kappa shape index (κ3) is 5.61. The van der Waals surface area contributed by atoms with Crippen molar-refractivity contribution < 1.29 is 27.8 Å². The van der Waals surface area contributed by atoms with Gasteiger partial charge in [-0.2, -0.15) is 0 Å². The number of anilines is 1. The lowest BCUT2D eigenvalue weighted by Gasteiger charge is -2.26. The zero-order valence-corrected chi connectivity index (χ0v) is 18.6. The van der Waals surface area contributed by atoms with Gasteiger partial charge in [-0.1, -0.05) is 11.6 Å². The molecule has 2 aliphatic rings. The zero-order chi connectivity index (χ0) is 23.4. The number of ether oxygens (including phenoxy) is 2. The number of amides is 2. The highest BCUT2D eigenvalue weighted by molar-refractivity contribution is 6.31. The van der Waals surface area contributed by atoms with Gasteiger partial charge in [-0.3, -0.25) is 9.69 Å². The van der Waals surface area contributed by atoms with Crippen LogP contribution in [0.2, 0.25) is 5.02 Å². The smallest absolute Gasteiger partial charge is 0.407 e. The topological polar surface area (TPSA) is 79.9 Å². The molecule has 2 aromatic carbocycles. The van der Waals surface area contributed by atoms with Crippen molar-refractivity contribution in [2.75, 3.05) is 44.8 Å². The van der Waals surface area contributed by atoms with Gasteiger partial charge in [0.2, 0.25) is 0 Å². The van der Waals surface area contributed by atoms with Crippen LogP contribution >= 0.6 is 11.6 Å². The molecule has 1 aliphatic carbocycles. The Balaban J connectivity index is 1.39. The lowest BCUT2D eigenvalue weighted by atomic mass is 10.0. The molecule has 0 aromatic heterocycles. The number of fused-ring (bicyclic) bond motifs is 1. The van der Waals surface area contributed by atoms with Crippen LogP contribution in [0.1, 0.15) is 33.9 Å². The van der Waals surface area contributed by atoms with E-state index in [4.69, 9.17) is 21.1 Å². The Morgan fingerprint density at radius 1 is 1.15 bits per heavy atom. The van der Waals surface area contributed by atoms with Gasteiger partial charge in [0.25, 0.3) is 5.91 Å². The number of rotatable bonds is 6. The van der Waals surface area contributed by atoms with E-state index in [1.165, 1.54) is 24.3 Å². The van der Waals surface area contributed by atoms with Crippen molar-refractivity contribution in [1.82, 2.24) is 10.2 Å². The predicted octanol–water partition coefficient (Wildman–Crippen LogP) is 3.92. The van der Waals surface area contributed by atoms with Crippen LogP contribution in [-0.2, 0) is 15.9 Å². The highest BCUT2D eigenvalue weighted by atomic mass is 35.5. The van der Waals surface area contributed by atoms with Crippen molar-refractivity contribution in [1.29, 1.82) is 0 Å². The summed E-state index contributed by atoms with van der Waals surface area (Å²) in [6.07, 6.45) is 0.229. The Morgan fingerprint density at radius 3 is 2.67 bits per heavy atom. The van der Waals surface area contributed by atoms with E-state index in [0.29, 0.717) is 43.9 Å². The molecule has 1 aliphatic heterocycles. The molecule has 1 saturated heterocycles. The Hall–Kier alpha value is -2.75. The zero-order valence-electron chi connectivity index (χ0n) is 17.8. The quantitative estimate of drug-likeness (QED) is 0.656. The Bertz CT molecular complexity index is 1050. The van der Waals surface area contributed by atoms with E-state index in [2.05, 4.69) is 15.5 Å². The normalized spacial score (nSPS) is 18.0. The van der Waals surface area contributed by atoms with Gasteiger partial charge < -0.3 is 20.1 Å². The van der Waals surface area contributed by atoms with Crippen LogP contribution in [0.25, 0.3) is 0 Å². The lowest BCUT2D eigenvalue weighted by molar-refractivity contribution is 0.0279. The van der Waals surface area contributed by atoms with Crippen molar-refractivity contribution in [3.8, 4) is 0 Å². The summed E-state index contributed by atoms with van der Waals surface area (Å²) < 4.78 is 38.6. The molecule has 0 bridgehead atoms. The van der Waals surface area contributed by atoms with Crippen molar-refractivity contribution in [3.63, 3.8) is 0 Å². The summed E-state index contributed by atoms with van der Waals surface area (Å²) in [4.78, 5) is 27.2. The Labute approximate surface area is 195 Å². The third-order valence-corrected chi connectivity index (χ3v) is 6.08. The summed E-state index contributed by atoms with van der Waals surface area (Å²) in [5, 5.41) is 5.24. The number of carbonyl (C=O) groups excluding carboxylic acids is 2. The maximum atomic E-state index is 14.7. The Kier molecular flexibility index (Phi) is 7.42. The number of halogens is 3. The van der Waals surface area contributed by atoms with Crippen LogP contribution in [0.4, 0.5) is 19.3 Å². The SMILES string of the molecule is O=C(N[C@H]1CCc2c(C(=O)Nc3ccc(F)c(Cl)c3)ccc(F)c21)OCCN1CCOCC1. The fourth-order valence-corrected chi connectivity index (χ4v) is 4.30. The first-order chi connectivity index (χ1) is 15.9. The van der Waals surface area contributed by atoms with E-state index in [1.54, 1.807) is 0 Å². The minimum Gasteiger partial charge on any atom is -0.448 e. The average molecular weight is 480 g/mol. The molecule has 7 nitrogen and oxygen atoms in total. The molecule has 176 valence electrons. The number of carbonyl (C=O) groups is 2. The minimum absolute atomic E-state index is 0.117. The molecule has 2 N–H and O–H groups in total. The van der Waals surface area contributed by atoms with E-state index < -0.39 is 29.7 Å². The molecular weight excluding hydrogens is 456 g/mol. The maximum absolute atomic E-state index is 14.7. The average Bonchev–Trinajstić information content (AvgIpc) is 3.21. The first kappa shape index (κ1) is 23.4. The van der Waals surface area contributed by atoms with Crippen LogP contribution in [0.5, 0.6) is 0 Å². The molecule has 0 radical (unpaired) electrons. The fourth-order valence-electron chi connectivity index (χ4n) is 4.12. The van der Waals surface area contributed by atoms with Gasteiger partial charge in [0.15, 0.2) is 0 Å². The second kappa shape index (κ2) is 10.5. The van der Waals surface area contributed by atoms with Crippen LogP contribution in [0, 0.1) is 11.6 Å². The van der Waals surface area contributed by atoms with Crippen LogP contribution in [-0.4, -0.2) is 56.4 Å². The van der Waals surface area contributed by atoms with Gasteiger partial charge in [0.05, 0.1) is 24.3 Å². The van der Waals surface area contributed by atoms with Gasteiger partial charge in [0.1, 0.15) is 18.2 Å². The standard InChI is InChI=1S/C23H24ClF2N3O4/c24-17-13-14(1-4-18(17)25)27-22(30)16-2-5-19(26)21-15(16)3-6-20(21)28-23(31)33-12-9-29-7-10-32-11-8-29/h1-2,4-5,13,20H,3,6-12H2,(H,27,30)(H,28,31)/t20-/m0/s1. The molecule has 4 rings (SSSR count). The van der Waals surface area contributed by atoms with Crippen molar-refractivity contribution >= 4 is 29.3 Å². The highest BCUT2D eigenvalue weighted by Crippen LogP contribution is 2.36. The van der Waals surface area contributed by atoms with Gasteiger partial charge in [-0.25, -0.2) is 13.6 Å². The van der Waals surface area contributed by atoms with Crippen LogP contribution in [0.3, 0.4) is 0 Å². The van der Waals surface area contributed by atoms with Gasteiger partial charge in [-0.15, -0.1) is 0 Å². The number of hydrogen-bond acceptors (Lipinski definition) is 5. The number of nitrogens with zero attached hydrogens (tertiary/aromatic N) is 1. The first-order valence-corrected chi connectivity index (χ1v) is 11.1. The van der Waals surface area contributed by atoms with Crippen molar-refractivity contribution in [3.05, 3.63) is 63.7 Å². The number of nitrogens with one attached hydrogen (secondary N) is 2. The molecule has 2 aromatic rings. The largest absolute Gasteiger partial charge is 0.448 e. The number of morpholine rings is 1. The first-order valence-electron chi connectivity index (χ1n) is 10.7. The summed E-state index contributed by atoms with van der Waals surface area (Å²) in [6, 6.07) is 5.85. The summed E-state index contributed by atoms with van der Waals surface area (Å²) in [6.45, 7) is 3.73. The lowest BCUT2D eigenvalue weighted by Crippen LogP contribution is -2.39. The predicted molar refractivity (Wildman–Crippen MR) is 119 cm³/mol. The second-order valence-corrected chi connectivity index (χ2v) is 8.30. The van der Waals surface area contributed by atoms with E-state index in [-0.39, 0.29) is 22.8 Å². The second-order valence-electron chi connectivity index (χ2n) is 7.90. The number of hydrogen-bond donors (Lipinski definition) is 2. The monoisotopic (exact) mass is 479 g/mol. The fraction of sp³-hybridized carbons (Fsp3) is 0.391. The van der Waals surface area contributed by atoms with Crippen LogP contribution in [0.15, 0.2) is 30.3 Å². The Morgan fingerprint density at radius 2 is 1.91 bits per heavy atom. The van der Waals surface area contributed by atoms with Gasteiger partial charge in [0, 0.05) is 36.4 Å². The molecule has 1 atom stereocenters. The summed E-state index contributed by atoms with van der Waals surface area (Å²) in [5.41, 5.74) is 1.42. The summed E-state index contributed by atoms with van der Waals surface area (Å²) in [5.74, 6) is -1.56. The summed E-state index contributed by atoms with van der Waals surface area (Å²) >= 11 is 5.77. The van der Waals surface area contributed by atoms with E-state index in [9.17, 15) is 18.4 Å². The molecule has 1 fully saturated rings. The summed E-state index contributed by atoms with van der Waals surface area (Å²) in [7, 11) is 0. The minimum atomic E-state index is -0.628. The molecule has 33 heavy (non-hydrogen) atoms. The van der Waals surface area contributed by atoms with Gasteiger partial charge in [-0.05, 0) is 48.7 Å². The third-order valence-electron chi connectivity index (χ3n) is 5.79. The molecular formula is C23H24ClF2N3O4. The molecule has 10 heteroatoms. The molecule has 2 amide bonds. The number of alkyl carbamates (subject to hydrolysis) is 1. The van der Waals surface area contributed by atoms with Crippen molar-refractivity contribution in [2.45, 2.75) is 18.9 Å². The van der Waals surface area contributed by atoms with E-state index in [1.807, 2.05) is 0 Å². The van der Waals surface area contributed by atoms with Crippen molar-refractivity contribution in [2.24, 2.45) is 0 Å². The molecule has 0 saturated carbocycles. The number of benzene rings is 2. The highest BCUT2D eigenvalue weighted by Gasteiger charge is 2.31. The van der Waals surface area contributed by atoms with Crippen LogP contribution < -0.4 is 10.6 Å². The molecule has 0 unspecified atom stereocenters. The molecule has 0 spiro atoms. The maximum Gasteiger partial charge on any atom is 0.407 e. The van der Waals surface area contributed by atoms with E-state index in [0.717, 1.165) is 19.2 Å². The van der Waals surface area contributed by atoms with E-state index >= 15 is 0 Å². The molecule has 1 heterocycles.